The van der Waals surface area contributed by atoms with E-state index in [1.54, 1.807) is 0 Å². The van der Waals surface area contributed by atoms with Crippen LogP contribution in [0.4, 0.5) is 0 Å². The number of amides is 1. The highest BCUT2D eigenvalue weighted by Gasteiger charge is 2.37. The standard InChI is InChI=1S/C19H20N2O3/c1-13-6-4-7-14(20-13)15-8-5-11-21(15)19(22)18-12-23-16-9-2-3-10-17(16)24-18/h2-4,6-7,9-10,15,18H,5,8,11-12H2,1H3. The minimum absolute atomic E-state index is 0.0182. The van der Waals surface area contributed by atoms with Crippen molar-refractivity contribution in [1.82, 2.24) is 9.88 Å². The van der Waals surface area contributed by atoms with Crippen LogP contribution in [0.5, 0.6) is 11.5 Å². The number of pyridine rings is 1. The number of likely N-dealkylation sites (tertiary alicyclic amines) is 1. The SMILES string of the molecule is Cc1cccc(C2CCCN2C(=O)C2COc3ccccc3O2)n1. The van der Waals surface area contributed by atoms with Crippen LogP contribution in [-0.2, 0) is 4.79 Å². The summed E-state index contributed by atoms with van der Waals surface area (Å²) in [5, 5.41) is 0. The molecular weight excluding hydrogens is 304 g/mol. The van der Waals surface area contributed by atoms with Crippen molar-refractivity contribution in [2.75, 3.05) is 13.2 Å². The number of para-hydroxylation sites is 2. The van der Waals surface area contributed by atoms with Crippen LogP contribution >= 0.6 is 0 Å². The zero-order chi connectivity index (χ0) is 16.5. The molecule has 1 saturated heterocycles. The van der Waals surface area contributed by atoms with Crippen molar-refractivity contribution < 1.29 is 14.3 Å². The maximum Gasteiger partial charge on any atom is 0.267 e. The molecule has 2 atom stereocenters. The minimum Gasteiger partial charge on any atom is -0.485 e. The fourth-order valence-corrected chi connectivity index (χ4v) is 3.41. The Hall–Kier alpha value is -2.56. The highest BCUT2D eigenvalue weighted by atomic mass is 16.6. The molecule has 5 nitrogen and oxygen atoms in total. The lowest BCUT2D eigenvalue weighted by atomic mass is 10.1. The monoisotopic (exact) mass is 324 g/mol. The van der Waals surface area contributed by atoms with Gasteiger partial charge in [-0.05, 0) is 44.0 Å². The molecule has 124 valence electrons. The van der Waals surface area contributed by atoms with Gasteiger partial charge in [-0.3, -0.25) is 9.78 Å². The van der Waals surface area contributed by atoms with E-state index >= 15 is 0 Å². The van der Waals surface area contributed by atoms with Crippen LogP contribution in [0.25, 0.3) is 0 Å². The molecule has 0 saturated carbocycles. The summed E-state index contributed by atoms with van der Waals surface area (Å²) < 4.78 is 11.6. The molecule has 3 heterocycles. The van der Waals surface area contributed by atoms with Gasteiger partial charge in [0.15, 0.2) is 11.5 Å². The molecule has 1 fully saturated rings. The molecule has 2 aromatic rings. The molecule has 1 aromatic heterocycles. The fourth-order valence-electron chi connectivity index (χ4n) is 3.41. The zero-order valence-corrected chi connectivity index (χ0v) is 13.6. The molecule has 2 aliphatic heterocycles. The highest BCUT2D eigenvalue weighted by Crippen LogP contribution is 2.35. The third kappa shape index (κ3) is 2.70. The molecule has 0 radical (unpaired) electrons. The molecule has 0 spiro atoms. The maximum atomic E-state index is 13.0. The number of benzene rings is 1. The topological polar surface area (TPSA) is 51.7 Å². The number of nitrogens with zero attached hydrogens (tertiary/aromatic N) is 2. The van der Waals surface area contributed by atoms with E-state index in [0.717, 1.165) is 30.8 Å². The van der Waals surface area contributed by atoms with Gasteiger partial charge in [-0.1, -0.05) is 18.2 Å². The zero-order valence-electron chi connectivity index (χ0n) is 13.6. The minimum atomic E-state index is -0.592. The van der Waals surface area contributed by atoms with E-state index in [1.807, 2.05) is 54.3 Å². The van der Waals surface area contributed by atoms with Gasteiger partial charge in [0.2, 0.25) is 6.10 Å². The largest absolute Gasteiger partial charge is 0.485 e. The van der Waals surface area contributed by atoms with Gasteiger partial charge in [-0.2, -0.15) is 0 Å². The molecule has 0 bridgehead atoms. The molecule has 5 heteroatoms. The van der Waals surface area contributed by atoms with Gasteiger partial charge in [-0.15, -0.1) is 0 Å². The number of carbonyl (C=O) groups excluding carboxylic acids is 1. The molecule has 1 amide bonds. The van der Waals surface area contributed by atoms with Gasteiger partial charge in [0, 0.05) is 12.2 Å². The summed E-state index contributed by atoms with van der Waals surface area (Å²) >= 11 is 0. The average molecular weight is 324 g/mol. The van der Waals surface area contributed by atoms with Gasteiger partial charge in [0.1, 0.15) is 6.61 Å². The molecule has 24 heavy (non-hydrogen) atoms. The number of fused-ring (bicyclic) bond motifs is 1. The first-order valence-electron chi connectivity index (χ1n) is 8.35. The van der Waals surface area contributed by atoms with E-state index in [0.29, 0.717) is 11.5 Å². The van der Waals surface area contributed by atoms with Gasteiger partial charge in [-0.25, -0.2) is 0 Å². The average Bonchev–Trinajstić information content (AvgIpc) is 3.10. The third-order valence-electron chi connectivity index (χ3n) is 4.57. The number of hydrogen-bond donors (Lipinski definition) is 0. The van der Waals surface area contributed by atoms with Crippen molar-refractivity contribution in [3.05, 3.63) is 53.9 Å². The Labute approximate surface area is 141 Å². The van der Waals surface area contributed by atoms with E-state index in [-0.39, 0.29) is 18.6 Å². The van der Waals surface area contributed by atoms with Crippen molar-refractivity contribution in [3.63, 3.8) is 0 Å². The Morgan fingerprint density at radius 2 is 2.00 bits per heavy atom. The van der Waals surface area contributed by atoms with Gasteiger partial charge in [0.05, 0.1) is 11.7 Å². The second-order valence-electron chi connectivity index (χ2n) is 6.26. The Balaban J connectivity index is 1.54. The quantitative estimate of drug-likeness (QED) is 0.852. The summed E-state index contributed by atoms with van der Waals surface area (Å²) in [5.41, 5.74) is 1.93. The number of hydrogen-bond acceptors (Lipinski definition) is 4. The van der Waals surface area contributed by atoms with E-state index in [4.69, 9.17) is 9.47 Å². The lowest BCUT2D eigenvalue weighted by Gasteiger charge is -2.31. The molecule has 0 aliphatic carbocycles. The maximum absolute atomic E-state index is 13.0. The molecule has 1 aromatic carbocycles. The van der Waals surface area contributed by atoms with E-state index < -0.39 is 6.10 Å². The first kappa shape index (κ1) is 15.0. The van der Waals surface area contributed by atoms with Crippen LogP contribution in [0.1, 0.15) is 30.3 Å². The number of ether oxygens (including phenoxy) is 2. The van der Waals surface area contributed by atoms with Crippen molar-refractivity contribution in [2.24, 2.45) is 0 Å². The third-order valence-corrected chi connectivity index (χ3v) is 4.57. The molecule has 2 aliphatic rings. The fraction of sp³-hybridized carbons (Fsp3) is 0.368. The molecular formula is C19H20N2O3. The predicted octanol–water partition coefficient (Wildman–Crippen LogP) is 2.89. The van der Waals surface area contributed by atoms with Crippen LogP contribution in [0.2, 0.25) is 0 Å². The smallest absolute Gasteiger partial charge is 0.267 e. The normalized spacial score (nSPS) is 22.5. The van der Waals surface area contributed by atoms with E-state index in [9.17, 15) is 4.79 Å². The summed E-state index contributed by atoms with van der Waals surface area (Å²) in [6.07, 6.45) is 1.33. The second kappa shape index (κ2) is 6.15. The van der Waals surface area contributed by atoms with Crippen molar-refractivity contribution >= 4 is 5.91 Å². The number of aryl methyl sites for hydroxylation is 1. The Morgan fingerprint density at radius 3 is 2.83 bits per heavy atom. The lowest BCUT2D eigenvalue weighted by Crippen LogP contribution is -2.46. The summed E-state index contributed by atoms with van der Waals surface area (Å²) in [7, 11) is 0. The predicted molar refractivity (Wildman–Crippen MR) is 89.0 cm³/mol. The summed E-state index contributed by atoms with van der Waals surface area (Å²) in [5.74, 6) is 1.31. The van der Waals surface area contributed by atoms with E-state index in [1.165, 1.54) is 0 Å². The highest BCUT2D eigenvalue weighted by molar-refractivity contribution is 5.82. The van der Waals surface area contributed by atoms with Gasteiger partial charge in [0.25, 0.3) is 5.91 Å². The first-order valence-corrected chi connectivity index (χ1v) is 8.35. The Morgan fingerprint density at radius 1 is 1.17 bits per heavy atom. The van der Waals surface area contributed by atoms with Crippen LogP contribution in [0.15, 0.2) is 42.5 Å². The van der Waals surface area contributed by atoms with Crippen LogP contribution in [-0.4, -0.2) is 35.0 Å². The first-order chi connectivity index (χ1) is 11.7. The Kier molecular flexibility index (Phi) is 3.84. The van der Waals surface area contributed by atoms with Gasteiger partial charge < -0.3 is 14.4 Å². The van der Waals surface area contributed by atoms with Crippen molar-refractivity contribution in [3.8, 4) is 11.5 Å². The van der Waals surface area contributed by atoms with Gasteiger partial charge >= 0.3 is 0 Å². The van der Waals surface area contributed by atoms with Crippen molar-refractivity contribution in [1.29, 1.82) is 0 Å². The number of aromatic nitrogens is 1. The van der Waals surface area contributed by atoms with Crippen molar-refractivity contribution in [2.45, 2.75) is 31.9 Å². The van der Waals surface area contributed by atoms with Crippen LogP contribution < -0.4 is 9.47 Å². The summed E-state index contributed by atoms with van der Waals surface area (Å²) in [6.45, 7) is 2.96. The number of rotatable bonds is 2. The second-order valence-corrected chi connectivity index (χ2v) is 6.26. The lowest BCUT2D eigenvalue weighted by molar-refractivity contribution is -0.142. The summed E-state index contributed by atoms with van der Waals surface area (Å²) in [6, 6.07) is 13.4. The Bertz CT molecular complexity index is 762. The molecule has 0 N–H and O–H groups in total. The van der Waals surface area contributed by atoms with Crippen LogP contribution in [0, 0.1) is 6.92 Å². The molecule has 4 rings (SSSR count). The molecule has 2 unspecified atom stereocenters. The number of carbonyl (C=O) groups is 1. The van der Waals surface area contributed by atoms with E-state index in [2.05, 4.69) is 4.98 Å². The summed E-state index contributed by atoms with van der Waals surface area (Å²) in [4.78, 5) is 19.5. The van der Waals surface area contributed by atoms with Crippen LogP contribution in [0.3, 0.4) is 0 Å².